The molecule has 0 aliphatic heterocycles. The Morgan fingerprint density at radius 1 is 0.810 bits per heavy atom. The first-order chi connectivity index (χ1) is 8.99. The molecule has 4 heteroatoms. The van der Waals surface area contributed by atoms with Gasteiger partial charge in [-0.05, 0) is 46.0 Å². The molecule has 124 valence electrons. The fraction of sp³-hybridized carbons (Fsp3) is 0.882. The van der Waals surface area contributed by atoms with E-state index in [1.165, 1.54) is 0 Å². The monoisotopic (exact) mass is 299 g/mol. The number of carboxylic acids is 1. The molecule has 0 aromatic heterocycles. The Kier molecular flexibility index (Phi) is 5.67. The molecule has 0 unspecified atom stereocenters. The van der Waals surface area contributed by atoms with Crippen LogP contribution in [0.4, 0.5) is 0 Å². The Bertz CT molecular complexity index is 401. The van der Waals surface area contributed by atoms with Crippen molar-refractivity contribution in [1.82, 2.24) is 5.32 Å². The lowest BCUT2D eigenvalue weighted by Gasteiger charge is -2.38. The first-order valence-electron chi connectivity index (χ1n) is 7.55. The standard InChI is InChI=1S/C17H33NO3/c1-14(2,3)10-15(4,5)12(19)18-17(8,9)11-16(6,7)13(20)21/h10-11H2,1-9H3,(H,18,19)(H,20,21). The first-order valence-corrected chi connectivity index (χ1v) is 7.55. The second-order valence-electron chi connectivity index (χ2n) is 9.33. The van der Waals surface area contributed by atoms with E-state index in [2.05, 4.69) is 26.1 Å². The summed E-state index contributed by atoms with van der Waals surface area (Å²) in [7, 11) is 0. The lowest BCUT2D eigenvalue weighted by atomic mass is 9.74. The van der Waals surface area contributed by atoms with Gasteiger partial charge in [-0.25, -0.2) is 0 Å². The van der Waals surface area contributed by atoms with Crippen molar-refractivity contribution >= 4 is 11.9 Å². The summed E-state index contributed by atoms with van der Waals surface area (Å²) in [5.41, 5.74) is -1.85. The number of carbonyl (C=O) groups excluding carboxylic acids is 1. The van der Waals surface area contributed by atoms with E-state index in [9.17, 15) is 14.7 Å². The average molecular weight is 299 g/mol. The van der Waals surface area contributed by atoms with E-state index >= 15 is 0 Å². The van der Waals surface area contributed by atoms with E-state index < -0.39 is 22.3 Å². The Labute approximate surface area is 129 Å². The number of hydrogen-bond acceptors (Lipinski definition) is 2. The molecule has 0 heterocycles. The molecule has 0 atom stereocenters. The summed E-state index contributed by atoms with van der Waals surface area (Å²) < 4.78 is 0. The molecule has 0 saturated carbocycles. The van der Waals surface area contributed by atoms with Crippen LogP contribution in [0.2, 0.25) is 0 Å². The SMILES string of the molecule is CC(C)(C)CC(C)(C)C(=O)NC(C)(C)CC(C)(C)C(=O)O. The molecule has 0 saturated heterocycles. The minimum Gasteiger partial charge on any atom is -0.481 e. The van der Waals surface area contributed by atoms with Crippen LogP contribution in [0.5, 0.6) is 0 Å². The Morgan fingerprint density at radius 3 is 1.57 bits per heavy atom. The van der Waals surface area contributed by atoms with Gasteiger partial charge in [0.15, 0.2) is 0 Å². The molecule has 21 heavy (non-hydrogen) atoms. The predicted molar refractivity (Wildman–Crippen MR) is 86.1 cm³/mol. The van der Waals surface area contributed by atoms with Crippen molar-refractivity contribution in [1.29, 1.82) is 0 Å². The van der Waals surface area contributed by atoms with Crippen LogP contribution in [0.3, 0.4) is 0 Å². The molecule has 4 nitrogen and oxygen atoms in total. The normalized spacial score (nSPS) is 14.0. The van der Waals surface area contributed by atoms with Crippen LogP contribution in [-0.2, 0) is 9.59 Å². The molecule has 0 aromatic rings. The van der Waals surface area contributed by atoms with E-state index in [4.69, 9.17) is 0 Å². The zero-order valence-electron chi connectivity index (χ0n) is 15.2. The Balaban J connectivity index is 4.94. The van der Waals surface area contributed by atoms with Gasteiger partial charge in [-0.15, -0.1) is 0 Å². The summed E-state index contributed by atoms with van der Waals surface area (Å²) in [4.78, 5) is 23.8. The summed E-state index contributed by atoms with van der Waals surface area (Å²) in [5.74, 6) is -0.873. The van der Waals surface area contributed by atoms with Gasteiger partial charge in [0, 0.05) is 11.0 Å². The largest absolute Gasteiger partial charge is 0.481 e. The fourth-order valence-electron chi connectivity index (χ4n) is 3.11. The van der Waals surface area contributed by atoms with Crippen LogP contribution in [0.25, 0.3) is 0 Å². The maximum absolute atomic E-state index is 12.6. The smallest absolute Gasteiger partial charge is 0.309 e. The molecule has 0 rings (SSSR count). The van der Waals surface area contributed by atoms with Crippen molar-refractivity contribution in [3.63, 3.8) is 0 Å². The van der Waals surface area contributed by atoms with Crippen LogP contribution >= 0.6 is 0 Å². The van der Waals surface area contributed by atoms with Crippen LogP contribution in [-0.4, -0.2) is 22.5 Å². The van der Waals surface area contributed by atoms with E-state index in [-0.39, 0.29) is 11.3 Å². The molecule has 1 amide bonds. The highest BCUT2D eigenvalue weighted by Crippen LogP contribution is 2.35. The quantitative estimate of drug-likeness (QED) is 0.783. The van der Waals surface area contributed by atoms with Crippen molar-refractivity contribution < 1.29 is 14.7 Å². The summed E-state index contributed by atoms with van der Waals surface area (Å²) >= 11 is 0. The van der Waals surface area contributed by atoms with E-state index in [1.54, 1.807) is 13.8 Å². The van der Waals surface area contributed by atoms with Crippen LogP contribution in [0.15, 0.2) is 0 Å². The Morgan fingerprint density at radius 2 is 1.24 bits per heavy atom. The first kappa shape index (κ1) is 19.9. The maximum atomic E-state index is 12.6. The molecule has 0 aliphatic rings. The zero-order chi connectivity index (χ0) is 17.3. The van der Waals surface area contributed by atoms with Crippen molar-refractivity contribution in [3.8, 4) is 0 Å². The number of carbonyl (C=O) groups is 2. The molecule has 0 radical (unpaired) electrons. The van der Waals surface area contributed by atoms with Crippen LogP contribution in [0, 0.1) is 16.2 Å². The molecule has 0 fully saturated rings. The maximum Gasteiger partial charge on any atom is 0.309 e. The highest BCUT2D eigenvalue weighted by molar-refractivity contribution is 5.82. The van der Waals surface area contributed by atoms with Gasteiger partial charge in [-0.2, -0.15) is 0 Å². The van der Waals surface area contributed by atoms with Gasteiger partial charge in [0.2, 0.25) is 5.91 Å². The Hall–Kier alpha value is -1.06. The van der Waals surface area contributed by atoms with Crippen molar-refractivity contribution in [3.05, 3.63) is 0 Å². The number of hydrogen-bond donors (Lipinski definition) is 2. The minimum atomic E-state index is -0.870. The second kappa shape index (κ2) is 5.98. The third-order valence-electron chi connectivity index (χ3n) is 3.50. The fourth-order valence-corrected chi connectivity index (χ4v) is 3.11. The third-order valence-corrected chi connectivity index (χ3v) is 3.50. The number of carboxylic acid groups (broad SMARTS) is 1. The number of aliphatic carboxylic acids is 1. The summed E-state index contributed by atoms with van der Waals surface area (Å²) in [6, 6.07) is 0. The van der Waals surface area contributed by atoms with Crippen LogP contribution in [0.1, 0.15) is 75.2 Å². The lowest BCUT2D eigenvalue weighted by Crippen LogP contribution is -2.52. The van der Waals surface area contributed by atoms with Gasteiger partial charge < -0.3 is 10.4 Å². The summed E-state index contributed by atoms with van der Waals surface area (Å²) in [6.07, 6.45) is 1.15. The van der Waals surface area contributed by atoms with Crippen molar-refractivity contribution in [2.75, 3.05) is 0 Å². The minimum absolute atomic E-state index is 0.0244. The topological polar surface area (TPSA) is 66.4 Å². The lowest BCUT2D eigenvalue weighted by molar-refractivity contribution is -0.149. The van der Waals surface area contributed by atoms with Crippen molar-refractivity contribution in [2.24, 2.45) is 16.2 Å². The third kappa shape index (κ3) is 6.96. The molecule has 0 spiro atoms. The number of amides is 1. The van der Waals surface area contributed by atoms with Gasteiger partial charge in [-0.3, -0.25) is 9.59 Å². The van der Waals surface area contributed by atoms with Gasteiger partial charge in [0.05, 0.1) is 5.41 Å². The second-order valence-corrected chi connectivity index (χ2v) is 9.33. The molecule has 0 bridgehead atoms. The molecule has 2 N–H and O–H groups in total. The molecular formula is C17H33NO3. The molecular weight excluding hydrogens is 266 g/mol. The van der Waals surface area contributed by atoms with Gasteiger partial charge >= 0.3 is 5.97 Å². The average Bonchev–Trinajstić information content (AvgIpc) is 2.09. The van der Waals surface area contributed by atoms with E-state index in [0.29, 0.717) is 6.42 Å². The van der Waals surface area contributed by atoms with Gasteiger partial charge in [-0.1, -0.05) is 34.6 Å². The van der Waals surface area contributed by atoms with Crippen molar-refractivity contribution in [2.45, 2.75) is 80.7 Å². The van der Waals surface area contributed by atoms with Gasteiger partial charge in [0.1, 0.15) is 0 Å². The number of rotatable bonds is 6. The molecule has 0 aliphatic carbocycles. The predicted octanol–water partition coefficient (Wildman–Crippen LogP) is 3.84. The van der Waals surface area contributed by atoms with E-state index in [0.717, 1.165) is 6.42 Å². The van der Waals surface area contributed by atoms with Crippen LogP contribution < -0.4 is 5.32 Å². The van der Waals surface area contributed by atoms with E-state index in [1.807, 2.05) is 27.7 Å². The summed E-state index contributed by atoms with van der Waals surface area (Å²) in [5, 5.41) is 12.3. The molecule has 0 aromatic carbocycles. The number of nitrogens with one attached hydrogen (secondary N) is 1. The van der Waals surface area contributed by atoms with Gasteiger partial charge in [0.25, 0.3) is 0 Å². The highest BCUT2D eigenvalue weighted by Gasteiger charge is 2.39. The highest BCUT2D eigenvalue weighted by atomic mass is 16.4. The zero-order valence-corrected chi connectivity index (χ0v) is 15.2. The summed E-state index contributed by atoms with van der Waals surface area (Å²) in [6.45, 7) is 17.3.